The summed E-state index contributed by atoms with van der Waals surface area (Å²) < 4.78 is 28.8. The highest BCUT2D eigenvalue weighted by molar-refractivity contribution is 5.20. The molecule has 0 spiro atoms. The van der Waals surface area contributed by atoms with E-state index in [4.69, 9.17) is 0 Å². The predicted octanol–water partition coefficient (Wildman–Crippen LogP) is 2.33. The van der Waals surface area contributed by atoms with Crippen LogP contribution in [-0.2, 0) is 19.4 Å². The summed E-state index contributed by atoms with van der Waals surface area (Å²) in [7, 11) is 0. The third-order valence-corrected chi connectivity index (χ3v) is 3.06. The van der Waals surface area contributed by atoms with Gasteiger partial charge in [-0.2, -0.15) is 0 Å². The molecule has 0 bridgehead atoms. The first-order valence-corrected chi connectivity index (χ1v) is 6.22. The van der Waals surface area contributed by atoms with Crippen LogP contribution in [0.5, 0.6) is 0 Å². The zero-order chi connectivity index (χ0) is 13.8. The van der Waals surface area contributed by atoms with Gasteiger partial charge >= 0.3 is 0 Å². The second kappa shape index (κ2) is 5.93. The number of benzene rings is 1. The molecule has 1 N–H and O–H groups in total. The molecule has 1 aromatic carbocycles. The number of hydrogen-bond donors (Lipinski definition) is 1. The second-order valence-electron chi connectivity index (χ2n) is 4.39. The Morgan fingerprint density at radius 2 is 1.95 bits per heavy atom. The quantitative estimate of drug-likeness (QED) is 0.902. The van der Waals surface area contributed by atoms with E-state index in [1.54, 1.807) is 6.20 Å². The topological polar surface area (TPSA) is 38.0 Å². The molecule has 0 aliphatic heterocycles. The van der Waals surface area contributed by atoms with Crippen LogP contribution in [-0.4, -0.2) is 20.8 Å². The first kappa shape index (κ1) is 13.7. The van der Waals surface area contributed by atoms with Gasteiger partial charge in [-0.1, -0.05) is 6.07 Å². The standard InChI is InChI=1S/C14H16F2N2O/c1-2-18-7-6-17-14(18)9-10(19)8-11-12(15)4-3-5-13(11)16/h3-7,10,19H,2,8-9H2,1H3. The molecule has 1 heterocycles. The van der Waals surface area contributed by atoms with Crippen molar-refractivity contribution in [1.29, 1.82) is 0 Å². The van der Waals surface area contributed by atoms with Gasteiger partial charge in [0.2, 0.25) is 0 Å². The summed E-state index contributed by atoms with van der Waals surface area (Å²) in [6.45, 7) is 2.71. The molecule has 0 saturated heterocycles. The molecule has 2 aromatic rings. The summed E-state index contributed by atoms with van der Waals surface area (Å²) in [6.07, 6.45) is 2.81. The van der Waals surface area contributed by atoms with Gasteiger partial charge in [0.05, 0.1) is 6.10 Å². The van der Waals surface area contributed by atoms with Crippen molar-refractivity contribution in [2.75, 3.05) is 0 Å². The highest BCUT2D eigenvalue weighted by Crippen LogP contribution is 2.15. The number of halogens is 2. The van der Waals surface area contributed by atoms with Crippen LogP contribution in [0.3, 0.4) is 0 Å². The third-order valence-electron chi connectivity index (χ3n) is 3.06. The molecule has 0 fully saturated rings. The molecule has 0 saturated carbocycles. The maximum Gasteiger partial charge on any atom is 0.129 e. The van der Waals surface area contributed by atoms with Crippen LogP contribution in [0.25, 0.3) is 0 Å². The van der Waals surface area contributed by atoms with Gasteiger partial charge in [0.1, 0.15) is 17.5 Å². The fourth-order valence-corrected chi connectivity index (χ4v) is 2.06. The molecular weight excluding hydrogens is 250 g/mol. The van der Waals surface area contributed by atoms with E-state index in [-0.39, 0.29) is 18.4 Å². The highest BCUT2D eigenvalue weighted by atomic mass is 19.1. The van der Waals surface area contributed by atoms with Crippen molar-refractivity contribution in [2.45, 2.75) is 32.4 Å². The maximum atomic E-state index is 13.5. The van der Waals surface area contributed by atoms with E-state index in [0.29, 0.717) is 5.82 Å². The van der Waals surface area contributed by atoms with E-state index < -0.39 is 17.7 Å². The molecular formula is C14H16F2N2O. The Kier molecular flexibility index (Phi) is 4.27. The largest absolute Gasteiger partial charge is 0.392 e. The molecule has 19 heavy (non-hydrogen) atoms. The minimum absolute atomic E-state index is 0.0604. The van der Waals surface area contributed by atoms with Crippen LogP contribution in [0.15, 0.2) is 30.6 Å². The fourth-order valence-electron chi connectivity index (χ4n) is 2.06. The van der Waals surface area contributed by atoms with Crippen LogP contribution in [0.2, 0.25) is 0 Å². The molecule has 1 aromatic heterocycles. The Balaban J connectivity index is 2.07. The number of imidazole rings is 1. The van der Waals surface area contributed by atoms with Crippen molar-refractivity contribution in [3.05, 3.63) is 53.6 Å². The summed E-state index contributed by atoms with van der Waals surface area (Å²) in [4.78, 5) is 4.13. The minimum Gasteiger partial charge on any atom is -0.392 e. The van der Waals surface area contributed by atoms with Gasteiger partial charge in [-0.05, 0) is 19.1 Å². The average Bonchev–Trinajstić information content (AvgIpc) is 2.81. The van der Waals surface area contributed by atoms with Crippen LogP contribution in [0.1, 0.15) is 18.3 Å². The SMILES string of the molecule is CCn1ccnc1CC(O)Cc1c(F)cccc1F. The van der Waals surface area contributed by atoms with Gasteiger partial charge in [-0.15, -0.1) is 0 Å². The van der Waals surface area contributed by atoms with Gasteiger partial charge in [0.15, 0.2) is 0 Å². The van der Waals surface area contributed by atoms with Crippen molar-refractivity contribution in [3.8, 4) is 0 Å². The molecule has 5 heteroatoms. The fraction of sp³-hybridized carbons (Fsp3) is 0.357. The molecule has 102 valence electrons. The Labute approximate surface area is 110 Å². The van der Waals surface area contributed by atoms with Gasteiger partial charge in [0, 0.05) is 37.3 Å². The first-order valence-electron chi connectivity index (χ1n) is 6.22. The molecule has 0 aliphatic carbocycles. The zero-order valence-corrected chi connectivity index (χ0v) is 10.7. The average molecular weight is 266 g/mol. The first-order chi connectivity index (χ1) is 9.11. The molecule has 3 nitrogen and oxygen atoms in total. The number of aliphatic hydroxyl groups excluding tert-OH is 1. The van der Waals surface area contributed by atoms with Crippen LogP contribution in [0.4, 0.5) is 8.78 Å². The van der Waals surface area contributed by atoms with Gasteiger partial charge in [-0.25, -0.2) is 13.8 Å². The molecule has 1 atom stereocenters. The lowest BCUT2D eigenvalue weighted by molar-refractivity contribution is 0.169. The van der Waals surface area contributed by atoms with Crippen molar-refractivity contribution in [2.24, 2.45) is 0 Å². The highest BCUT2D eigenvalue weighted by Gasteiger charge is 2.16. The summed E-state index contributed by atoms with van der Waals surface area (Å²) in [5.41, 5.74) is -0.0791. The number of aromatic nitrogens is 2. The second-order valence-corrected chi connectivity index (χ2v) is 4.39. The Bertz CT molecular complexity index is 534. The third kappa shape index (κ3) is 3.17. The van der Waals surface area contributed by atoms with Gasteiger partial charge in [-0.3, -0.25) is 0 Å². The van der Waals surface area contributed by atoms with Crippen molar-refractivity contribution in [1.82, 2.24) is 9.55 Å². The van der Waals surface area contributed by atoms with Crippen molar-refractivity contribution in [3.63, 3.8) is 0 Å². The molecule has 1 unspecified atom stereocenters. The number of rotatable bonds is 5. The van der Waals surface area contributed by atoms with Gasteiger partial charge in [0.25, 0.3) is 0 Å². The van der Waals surface area contributed by atoms with Crippen molar-refractivity contribution < 1.29 is 13.9 Å². The van der Waals surface area contributed by atoms with Gasteiger partial charge < -0.3 is 9.67 Å². The zero-order valence-electron chi connectivity index (χ0n) is 10.7. The summed E-state index contributed by atoms with van der Waals surface area (Å²) in [5, 5.41) is 9.96. The predicted molar refractivity (Wildman–Crippen MR) is 67.7 cm³/mol. The minimum atomic E-state index is -0.862. The summed E-state index contributed by atoms with van der Waals surface area (Å²) in [6, 6.07) is 3.70. The normalized spacial score (nSPS) is 12.6. The van der Waals surface area contributed by atoms with E-state index in [9.17, 15) is 13.9 Å². The summed E-state index contributed by atoms with van der Waals surface area (Å²) in [5.74, 6) is -0.539. The summed E-state index contributed by atoms with van der Waals surface area (Å²) >= 11 is 0. The Hall–Kier alpha value is -1.75. The Morgan fingerprint density at radius 3 is 2.58 bits per heavy atom. The van der Waals surface area contributed by atoms with Crippen molar-refractivity contribution >= 4 is 0 Å². The van der Waals surface area contributed by atoms with E-state index in [0.717, 1.165) is 6.54 Å². The molecule has 0 aliphatic rings. The molecule has 0 amide bonds. The number of aryl methyl sites for hydroxylation is 1. The van der Waals surface area contributed by atoms with E-state index in [1.165, 1.54) is 18.2 Å². The maximum absolute atomic E-state index is 13.5. The molecule has 0 radical (unpaired) electrons. The number of hydrogen-bond acceptors (Lipinski definition) is 2. The Morgan fingerprint density at radius 1 is 1.26 bits per heavy atom. The van der Waals surface area contributed by atoms with Crippen LogP contribution in [0, 0.1) is 11.6 Å². The number of nitrogens with zero attached hydrogens (tertiary/aromatic N) is 2. The number of aliphatic hydroxyl groups is 1. The smallest absolute Gasteiger partial charge is 0.129 e. The monoisotopic (exact) mass is 266 g/mol. The van der Waals surface area contributed by atoms with E-state index in [1.807, 2.05) is 17.7 Å². The molecule has 2 rings (SSSR count). The lowest BCUT2D eigenvalue weighted by Gasteiger charge is -2.12. The van der Waals surface area contributed by atoms with Crippen LogP contribution < -0.4 is 0 Å². The van der Waals surface area contributed by atoms with E-state index >= 15 is 0 Å². The van der Waals surface area contributed by atoms with E-state index in [2.05, 4.69) is 4.98 Å². The lowest BCUT2D eigenvalue weighted by Crippen LogP contribution is -2.18. The van der Waals surface area contributed by atoms with Crippen LogP contribution >= 0.6 is 0 Å². The lowest BCUT2D eigenvalue weighted by atomic mass is 10.0.